The third kappa shape index (κ3) is 2.76. The SMILES string of the molecule is NNC(N)=O.c1ccc2[nH]cnc2c1. The first-order valence-corrected chi connectivity index (χ1v) is 3.88. The number of H-pyrrole nitrogens is 1. The molecule has 0 spiro atoms. The lowest BCUT2D eigenvalue weighted by atomic mass is 10.3. The predicted octanol–water partition coefficient (Wildman–Crippen LogP) is 0.0913. The van der Waals surface area contributed by atoms with Gasteiger partial charge in [0.05, 0.1) is 17.4 Å². The number of carbonyl (C=O) groups is 1. The zero-order chi connectivity index (χ0) is 10.4. The van der Waals surface area contributed by atoms with Crippen molar-refractivity contribution in [2.45, 2.75) is 0 Å². The van der Waals surface area contributed by atoms with E-state index in [0.717, 1.165) is 11.0 Å². The van der Waals surface area contributed by atoms with Crippen LogP contribution >= 0.6 is 0 Å². The van der Waals surface area contributed by atoms with Gasteiger partial charge < -0.3 is 10.7 Å². The van der Waals surface area contributed by atoms with Gasteiger partial charge in [-0.15, -0.1) is 0 Å². The summed E-state index contributed by atoms with van der Waals surface area (Å²) in [7, 11) is 0. The van der Waals surface area contributed by atoms with Crippen LogP contribution in [0.1, 0.15) is 0 Å². The summed E-state index contributed by atoms with van der Waals surface area (Å²) in [5, 5.41) is 0. The first-order valence-electron chi connectivity index (χ1n) is 3.88. The van der Waals surface area contributed by atoms with E-state index in [9.17, 15) is 4.79 Å². The number of nitrogens with one attached hydrogen (secondary N) is 2. The van der Waals surface area contributed by atoms with Gasteiger partial charge in [0.25, 0.3) is 0 Å². The topological polar surface area (TPSA) is 110 Å². The minimum absolute atomic E-state index is 0.718. The monoisotopic (exact) mass is 193 g/mol. The van der Waals surface area contributed by atoms with Crippen molar-refractivity contribution >= 4 is 17.1 Å². The molecule has 0 atom stereocenters. The van der Waals surface area contributed by atoms with Gasteiger partial charge in [-0.3, -0.25) is 5.43 Å². The van der Waals surface area contributed by atoms with E-state index in [4.69, 9.17) is 0 Å². The Balaban J connectivity index is 0.000000171. The Labute approximate surface area is 80.3 Å². The molecule has 74 valence electrons. The number of para-hydroxylation sites is 2. The van der Waals surface area contributed by atoms with Crippen LogP contribution in [0.5, 0.6) is 0 Å². The number of aromatic amines is 1. The average Bonchev–Trinajstić information content (AvgIpc) is 2.66. The molecule has 0 saturated carbocycles. The molecule has 2 aromatic rings. The quantitative estimate of drug-likeness (QED) is 0.270. The molecule has 0 aliphatic rings. The van der Waals surface area contributed by atoms with Gasteiger partial charge in [0.2, 0.25) is 0 Å². The number of primary amides is 1. The molecule has 0 radical (unpaired) electrons. The molecule has 2 rings (SSSR count). The number of amides is 2. The third-order valence-corrected chi connectivity index (χ3v) is 1.47. The van der Waals surface area contributed by atoms with Crippen LogP contribution in [-0.4, -0.2) is 16.0 Å². The van der Waals surface area contributed by atoms with Crippen molar-refractivity contribution in [3.63, 3.8) is 0 Å². The zero-order valence-electron chi connectivity index (χ0n) is 7.40. The smallest absolute Gasteiger partial charge is 0.326 e. The summed E-state index contributed by atoms with van der Waals surface area (Å²) < 4.78 is 0. The highest BCUT2D eigenvalue weighted by Gasteiger charge is 1.88. The molecule has 0 bridgehead atoms. The Morgan fingerprint density at radius 3 is 2.64 bits per heavy atom. The van der Waals surface area contributed by atoms with Crippen molar-refractivity contribution in [2.75, 3.05) is 0 Å². The molecule has 1 aromatic carbocycles. The van der Waals surface area contributed by atoms with Crippen LogP contribution in [0.4, 0.5) is 4.79 Å². The first kappa shape index (κ1) is 10.0. The van der Waals surface area contributed by atoms with Crippen LogP contribution in [0.25, 0.3) is 11.0 Å². The van der Waals surface area contributed by atoms with Crippen LogP contribution in [0, 0.1) is 0 Å². The number of nitrogens with zero attached hydrogens (tertiary/aromatic N) is 1. The van der Waals surface area contributed by atoms with Gasteiger partial charge in [-0.1, -0.05) is 12.1 Å². The molecule has 1 aromatic heterocycles. The molecule has 6 N–H and O–H groups in total. The fourth-order valence-corrected chi connectivity index (χ4v) is 0.880. The fourth-order valence-electron chi connectivity index (χ4n) is 0.880. The molecule has 14 heavy (non-hydrogen) atoms. The second kappa shape index (κ2) is 4.83. The van der Waals surface area contributed by atoms with Gasteiger partial charge in [-0.05, 0) is 12.1 Å². The molecule has 0 fully saturated rings. The molecule has 0 unspecified atom stereocenters. The first-order chi connectivity index (χ1) is 6.74. The van der Waals surface area contributed by atoms with E-state index in [1.807, 2.05) is 24.3 Å². The fraction of sp³-hybridized carbons (Fsp3) is 0. The van der Waals surface area contributed by atoms with E-state index >= 15 is 0 Å². The summed E-state index contributed by atoms with van der Waals surface area (Å²) in [6.45, 7) is 0. The largest absolute Gasteiger partial charge is 0.351 e. The van der Waals surface area contributed by atoms with Crippen LogP contribution in [-0.2, 0) is 0 Å². The second-order valence-electron chi connectivity index (χ2n) is 2.43. The molecule has 6 nitrogen and oxygen atoms in total. The van der Waals surface area contributed by atoms with Crippen LogP contribution < -0.4 is 17.0 Å². The molecular weight excluding hydrogens is 182 g/mol. The molecule has 6 heteroatoms. The Kier molecular flexibility index (Phi) is 3.45. The maximum Gasteiger partial charge on any atom is 0.326 e. The Morgan fingerprint density at radius 1 is 1.43 bits per heavy atom. The van der Waals surface area contributed by atoms with Crippen molar-refractivity contribution in [3.05, 3.63) is 30.6 Å². The number of imidazole rings is 1. The van der Waals surface area contributed by atoms with Crippen molar-refractivity contribution in [1.29, 1.82) is 0 Å². The van der Waals surface area contributed by atoms with E-state index in [0.29, 0.717) is 0 Å². The summed E-state index contributed by atoms with van der Waals surface area (Å²) in [6.07, 6.45) is 1.70. The molecular formula is C8H11N5O. The molecule has 1 heterocycles. The van der Waals surface area contributed by atoms with Crippen LogP contribution in [0.15, 0.2) is 30.6 Å². The summed E-state index contributed by atoms with van der Waals surface area (Å²) >= 11 is 0. The van der Waals surface area contributed by atoms with E-state index in [2.05, 4.69) is 21.5 Å². The number of hydrogen-bond donors (Lipinski definition) is 4. The number of aromatic nitrogens is 2. The summed E-state index contributed by atoms with van der Waals surface area (Å²) in [5.41, 5.74) is 8.20. The predicted molar refractivity (Wildman–Crippen MR) is 53.0 cm³/mol. The van der Waals surface area contributed by atoms with Gasteiger partial charge in [0, 0.05) is 0 Å². The Morgan fingerprint density at radius 2 is 2.07 bits per heavy atom. The standard InChI is InChI=1S/C7H6N2.CH5N3O/c1-2-4-7-6(3-1)8-5-9-7;2-1(5)4-3/h1-5H,(H,8,9);3H2,(H3,2,4,5). The highest BCUT2D eigenvalue weighted by Crippen LogP contribution is 2.05. The number of nitrogens with two attached hydrogens (primary N) is 2. The van der Waals surface area contributed by atoms with Gasteiger partial charge in [-0.2, -0.15) is 0 Å². The van der Waals surface area contributed by atoms with Crippen molar-refractivity contribution in [3.8, 4) is 0 Å². The number of hydrazine groups is 1. The highest BCUT2D eigenvalue weighted by molar-refractivity contribution is 5.73. The molecule has 0 aliphatic carbocycles. The zero-order valence-corrected chi connectivity index (χ0v) is 7.40. The van der Waals surface area contributed by atoms with Gasteiger partial charge in [0.15, 0.2) is 0 Å². The van der Waals surface area contributed by atoms with Gasteiger partial charge >= 0.3 is 6.03 Å². The molecule has 0 saturated heterocycles. The van der Waals surface area contributed by atoms with Crippen LogP contribution in [0.2, 0.25) is 0 Å². The number of hydrogen-bond acceptors (Lipinski definition) is 3. The van der Waals surface area contributed by atoms with E-state index in [-0.39, 0.29) is 0 Å². The lowest BCUT2D eigenvalue weighted by Gasteiger charge is -1.81. The minimum atomic E-state index is -0.718. The van der Waals surface area contributed by atoms with Crippen molar-refractivity contribution in [1.82, 2.24) is 15.4 Å². The molecule has 0 aliphatic heterocycles. The van der Waals surface area contributed by atoms with E-state index in [1.54, 1.807) is 11.8 Å². The van der Waals surface area contributed by atoms with E-state index < -0.39 is 6.03 Å². The summed E-state index contributed by atoms with van der Waals surface area (Å²) in [5.74, 6) is 4.45. The number of carbonyl (C=O) groups excluding carboxylic acids is 1. The van der Waals surface area contributed by atoms with Gasteiger partial charge in [-0.25, -0.2) is 15.6 Å². The normalized spacial score (nSPS) is 8.93. The number of benzene rings is 1. The summed E-state index contributed by atoms with van der Waals surface area (Å²) in [4.78, 5) is 16.4. The number of urea groups is 1. The number of fused-ring (bicyclic) bond motifs is 1. The minimum Gasteiger partial charge on any atom is -0.351 e. The van der Waals surface area contributed by atoms with Crippen molar-refractivity contribution < 1.29 is 4.79 Å². The molecule has 2 amide bonds. The summed E-state index contributed by atoms with van der Waals surface area (Å²) in [6, 6.07) is 7.22. The van der Waals surface area contributed by atoms with Gasteiger partial charge in [0.1, 0.15) is 0 Å². The lowest BCUT2D eigenvalue weighted by molar-refractivity contribution is 0.249. The van der Waals surface area contributed by atoms with Crippen LogP contribution in [0.3, 0.4) is 0 Å². The second-order valence-corrected chi connectivity index (χ2v) is 2.43. The highest BCUT2D eigenvalue weighted by atomic mass is 16.2. The Bertz CT molecular complexity index is 381. The maximum absolute atomic E-state index is 9.35. The van der Waals surface area contributed by atoms with E-state index in [1.165, 1.54) is 0 Å². The third-order valence-electron chi connectivity index (χ3n) is 1.47. The average molecular weight is 193 g/mol. The Hall–Kier alpha value is -2.08. The lowest BCUT2D eigenvalue weighted by Crippen LogP contribution is -2.34. The van der Waals surface area contributed by atoms with Crippen molar-refractivity contribution in [2.24, 2.45) is 11.6 Å². The maximum atomic E-state index is 9.35. The number of rotatable bonds is 0.